The van der Waals surface area contributed by atoms with Gasteiger partial charge in [0.15, 0.2) is 0 Å². The average molecular weight is 416 g/mol. The molecule has 2 aromatic rings. The van der Waals surface area contributed by atoms with Gasteiger partial charge in [-0.25, -0.2) is 15.0 Å². The summed E-state index contributed by atoms with van der Waals surface area (Å²) in [5, 5.41) is 8.28. The summed E-state index contributed by atoms with van der Waals surface area (Å²) in [6.07, 6.45) is 8.00. The Bertz CT molecular complexity index is 711. The highest BCUT2D eigenvalue weighted by atomic mass is 35.5. The maximum atomic E-state index is 4.84. The smallest absolute Gasteiger partial charge is 0.133 e. The van der Waals surface area contributed by atoms with Crippen LogP contribution in [0, 0.1) is 6.92 Å². The van der Waals surface area contributed by atoms with Crippen LogP contribution >= 0.6 is 36.2 Å². The second-order valence-electron chi connectivity index (χ2n) is 6.66. The van der Waals surface area contributed by atoms with Gasteiger partial charge in [0.25, 0.3) is 0 Å². The molecule has 8 heteroatoms. The maximum Gasteiger partial charge on any atom is 0.133 e. The fourth-order valence-electron chi connectivity index (χ4n) is 3.61. The molecule has 0 saturated heterocycles. The van der Waals surface area contributed by atoms with E-state index in [1.807, 2.05) is 18.3 Å². The molecule has 0 aromatic carbocycles. The third-order valence-electron chi connectivity index (χ3n) is 4.82. The van der Waals surface area contributed by atoms with Crippen molar-refractivity contribution in [1.82, 2.24) is 20.3 Å². The van der Waals surface area contributed by atoms with Gasteiger partial charge in [0.05, 0.1) is 16.4 Å². The van der Waals surface area contributed by atoms with E-state index in [1.54, 1.807) is 0 Å². The van der Waals surface area contributed by atoms with Crippen molar-refractivity contribution in [1.29, 1.82) is 0 Å². The normalized spacial score (nSPS) is 15.7. The van der Waals surface area contributed by atoms with Gasteiger partial charge in [-0.15, -0.1) is 36.2 Å². The molecule has 0 amide bonds. The second-order valence-corrected chi connectivity index (χ2v) is 7.82. The van der Waals surface area contributed by atoms with Gasteiger partial charge in [-0.2, -0.15) is 0 Å². The first kappa shape index (κ1) is 21.4. The van der Waals surface area contributed by atoms with Crippen LogP contribution in [0.4, 0.5) is 5.82 Å². The van der Waals surface area contributed by atoms with E-state index in [9.17, 15) is 0 Å². The number of rotatable bonds is 4. The number of anilines is 1. The summed E-state index contributed by atoms with van der Waals surface area (Å²) in [5.41, 5.74) is 3.86. The summed E-state index contributed by atoms with van der Waals surface area (Å²) < 4.78 is 0. The molecule has 26 heavy (non-hydrogen) atoms. The van der Waals surface area contributed by atoms with Crippen molar-refractivity contribution in [3.8, 4) is 0 Å². The molecule has 2 aliphatic rings. The summed E-state index contributed by atoms with van der Waals surface area (Å²) >= 11 is 1.91. The molecule has 3 heterocycles. The molecule has 4 rings (SSSR count). The van der Waals surface area contributed by atoms with Crippen molar-refractivity contribution in [2.45, 2.75) is 51.9 Å². The molecule has 0 saturated carbocycles. The van der Waals surface area contributed by atoms with Gasteiger partial charge < -0.3 is 10.6 Å². The zero-order valence-corrected chi connectivity index (χ0v) is 17.6. The number of nitrogens with one attached hydrogen (secondary N) is 2. The van der Waals surface area contributed by atoms with Crippen LogP contribution in [0.5, 0.6) is 0 Å². The molecular weight excluding hydrogens is 389 g/mol. The quantitative estimate of drug-likeness (QED) is 0.801. The summed E-state index contributed by atoms with van der Waals surface area (Å²) in [7, 11) is 0. The van der Waals surface area contributed by atoms with Crippen molar-refractivity contribution < 1.29 is 0 Å². The molecule has 0 spiro atoms. The Balaban J connectivity index is 0.00000121. The zero-order valence-electron chi connectivity index (χ0n) is 15.1. The molecule has 0 fully saturated rings. The molecule has 5 nitrogen and oxygen atoms in total. The van der Waals surface area contributed by atoms with Crippen LogP contribution in [0.25, 0.3) is 0 Å². The predicted octanol–water partition coefficient (Wildman–Crippen LogP) is 3.31. The molecule has 0 bridgehead atoms. The molecule has 0 atom stereocenters. The third-order valence-corrected chi connectivity index (χ3v) is 6.03. The largest absolute Gasteiger partial charge is 0.369 e. The van der Waals surface area contributed by atoms with Crippen molar-refractivity contribution in [3.05, 3.63) is 32.7 Å². The molecule has 0 radical (unpaired) electrons. The Morgan fingerprint density at radius 3 is 2.62 bits per heavy atom. The van der Waals surface area contributed by atoms with Crippen LogP contribution in [-0.2, 0) is 32.1 Å². The first-order chi connectivity index (χ1) is 11.8. The number of aryl methyl sites for hydroxylation is 3. The van der Waals surface area contributed by atoms with Gasteiger partial charge in [0, 0.05) is 36.4 Å². The fourth-order valence-corrected chi connectivity index (χ4v) is 4.77. The lowest BCUT2D eigenvalue weighted by molar-refractivity contribution is 0.680. The monoisotopic (exact) mass is 415 g/mol. The number of hydrogen-bond donors (Lipinski definition) is 2. The lowest BCUT2D eigenvalue weighted by Gasteiger charge is -2.13. The minimum atomic E-state index is 0. The second kappa shape index (κ2) is 9.83. The van der Waals surface area contributed by atoms with Crippen molar-refractivity contribution in [2.24, 2.45) is 0 Å². The molecule has 1 aliphatic carbocycles. The molecule has 2 aromatic heterocycles. The van der Waals surface area contributed by atoms with Gasteiger partial charge in [-0.1, -0.05) is 0 Å². The summed E-state index contributed by atoms with van der Waals surface area (Å²) in [5.74, 6) is 1.89. The van der Waals surface area contributed by atoms with Crippen LogP contribution in [0.15, 0.2) is 0 Å². The Labute approximate surface area is 171 Å². The van der Waals surface area contributed by atoms with Crippen LogP contribution < -0.4 is 10.6 Å². The van der Waals surface area contributed by atoms with E-state index in [1.165, 1.54) is 52.5 Å². The average Bonchev–Trinajstić information content (AvgIpc) is 2.84. The third kappa shape index (κ3) is 4.85. The predicted molar refractivity (Wildman–Crippen MR) is 112 cm³/mol. The topological polar surface area (TPSA) is 62.7 Å². The molecular formula is C18H27Cl2N5S. The van der Waals surface area contributed by atoms with E-state index in [2.05, 4.69) is 20.6 Å². The van der Waals surface area contributed by atoms with Gasteiger partial charge in [-0.3, -0.25) is 0 Å². The lowest BCUT2D eigenvalue weighted by Crippen LogP contribution is -2.16. The SMILES string of the molecule is Cc1nc2c(c(NCCc3nc4c(s3)CCCC4)n1)CCNCC2.Cl.Cl. The summed E-state index contributed by atoms with van der Waals surface area (Å²) in [6, 6.07) is 0. The maximum absolute atomic E-state index is 4.84. The van der Waals surface area contributed by atoms with Gasteiger partial charge >= 0.3 is 0 Å². The van der Waals surface area contributed by atoms with Gasteiger partial charge in [0.1, 0.15) is 11.6 Å². The van der Waals surface area contributed by atoms with E-state index in [-0.39, 0.29) is 24.8 Å². The van der Waals surface area contributed by atoms with Crippen LogP contribution in [0.2, 0.25) is 0 Å². The minimum absolute atomic E-state index is 0. The highest BCUT2D eigenvalue weighted by Crippen LogP contribution is 2.27. The number of aromatic nitrogens is 3. The first-order valence-electron chi connectivity index (χ1n) is 9.08. The summed E-state index contributed by atoms with van der Waals surface area (Å²) in [4.78, 5) is 15.7. The van der Waals surface area contributed by atoms with E-state index in [0.717, 1.165) is 50.5 Å². The highest BCUT2D eigenvalue weighted by Gasteiger charge is 2.17. The van der Waals surface area contributed by atoms with Crippen molar-refractivity contribution >= 4 is 42.0 Å². The van der Waals surface area contributed by atoms with Crippen LogP contribution in [0.3, 0.4) is 0 Å². The Kier molecular flexibility index (Phi) is 8.07. The molecule has 0 unspecified atom stereocenters. The van der Waals surface area contributed by atoms with Gasteiger partial charge in [0.2, 0.25) is 0 Å². The van der Waals surface area contributed by atoms with E-state index >= 15 is 0 Å². The highest BCUT2D eigenvalue weighted by molar-refractivity contribution is 7.11. The number of nitrogens with zero attached hydrogens (tertiary/aromatic N) is 3. The number of thiazole rings is 1. The van der Waals surface area contributed by atoms with Gasteiger partial charge in [-0.05, 0) is 45.6 Å². The first-order valence-corrected chi connectivity index (χ1v) is 9.89. The van der Waals surface area contributed by atoms with Crippen LogP contribution in [0.1, 0.15) is 45.5 Å². The summed E-state index contributed by atoms with van der Waals surface area (Å²) in [6.45, 7) is 4.89. The van der Waals surface area contributed by atoms with E-state index in [4.69, 9.17) is 4.98 Å². The van der Waals surface area contributed by atoms with Crippen molar-refractivity contribution in [3.63, 3.8) is 0 Å². The number of fused-ring (bicyclic) bond motifs is 2. The fraction of sp³-hybridized carbons (Fsp3) is 0.611. The molecule has 2 N–H and O–H groups in total. The van der Waals surface area contributed by atoms with E-state index < -0.39 is 0 Å². The zero-order chi connectivity index (χ0) is 16.4. The number of halogens is 2. The standard InChI is InChI=1S/C18H25N5S.2ClH/c1-12-21-14-7-10-19-9-6-13(14)18(22-12)20-11-8-17-23-15-4-2-3-5-16(15)24-17;;/h19H,2-11H2,1H3,(H,20,21,22);2*1H. The van der Waals surface area contributed by atoms with Crippen molar-refractivity contribution in [2.75, 3.05) is 25.0 Å². The van der Waals surface area contributed by atoms with E-state index in [0.29, 0.717) is 0 Å². The lowest BCUT2D eigenvalue weighted by atomic mass is 10.0. The van der Waals surface area contributed by atoms with Crippen LogP contribution in [-0.4, -0.2) is 34.6 Å². The molecule has 1 aliphatic heterocycles. The minimum Gasteiger partial charge on any atom is -0.369 e. The Hall–Kier alpha value is -0.950. The number of hydrogen-bond acceptors (Lipinski definition) is 6. The molecule has 144 valence electrons. The Morgan fingerprint density at radius 1 is 0.962 bits per heavy atom. The Morgan fingerprint density at radius 2 is 1.77 bits per heavy atom.